The number of rotatable bonds is 4. The van der Waals surface area contributed by atoms with Crippen LogP contribution in [0.3, 0.4) is 0 Å². The minimum absolute atomic E-state index is 0.0668. The fourth-order valence-electron chi connectivity index (χ4n) is 2.09. The van der Waals surface area contributed by atoms with Crippen LogP contribution in [0.4, 0.5) is 0 Å². The molecule has 21 heavy (non-hydrogen) atoms. The van der Waals surface area contributed by atoms with Crippen LogP contribution < -0.4 is 4.74 Å². The maximum Gasteiger partial charge on any atom is 0.307 e. The summed E-state index contributed by atoms with van der Waals surface area (Å²) >= 11 is 6.08. The first-order valence-corrected chi connectivity index (χ1v) is 7.00. The maximum absolute atomic E-state index is 11.0. The van der Waals surface area contributed by atoms with E-state index in [9.17, 15) is 4.79 Å². The van der Waals surface area contributed by atoms with Crippen LogP contribution in [0.15, 0.2) is 30.3 Å². The molecule has 0 saturated heterocycles. The average molecular weight is 305 g/mol. The van der Waals surface area contributed by atoms with E-state index in [-0.39, 0.29) is 6.42 Å². The summed E-state index contributed by atoms with van der Waals surface area (Å²) in [6, 6.07) is 9.25. The van der Waals surface area contributed by atoms with Gasteiger partial charge in [-0.25, -0.2) is 0 Å². The summed E-state index contributed by atoms with van der Waals surface area (Å²) in [6.07, 6.45) is -0.0668. The molecule has 0 aliphatic heterocycles. The van der Waals surface area contributed by atoms with Gasteiger partial charge in [-0.3, -0.25) is 4.79 Å². The van der Waals surface area contributed by atoms with Crippen LogP contribution in [0.1, 0.15) is 22.3 Å². The number of hydrogen-bond donors (Lipinski definition) is 1. The molecular formula is C17H17ClO3. The van der Waals surface area contributed by atoms with E-state index in [1.54, 1.807) is 6.07 Å². The lowest BCUT2D eigenvalue weighted by Gasteiger charge is -2.14. The number of aliphatic carboxylic acids is 1. The van der Waals surface area contributed by atoms with E-state index in [0.29, 0.717) is 22.1 Å². The summed E-state index contributed by atoms with van der Waals surface area (Å²) in [7, 11) is 0. The first kappa shape index (κ1) is 15.4. The lowest BCUT2D eigenvalue weighted by molar-refractivity contribution is -0.136. The van der Waals surface area contributed by atoms with Gasteiger partial charge in [-0.1, -0.05) is 29.3 Å². The minimum atomic E-state index is -0.880. The number of benzene rings is 2. The van der Waals surface area contributed by atoms with Gasteiger partial charge in [0.05, 0.1) is 6.42 Å². The molecule has 2 aromatic carbocycles. The zero-order valence-electron chi connectivity index (χ0n) is 12.2. The van der Waals surface area contributed by atoms with Crippen LogP contribution in [-0.2, 0) is 11.2 Å². The number of carbonyl (C=O) groups is 1. The zero-order chi connectivity index (χ0) is 15.6. The molecule has 0 bridgehead atoms. The van der Waals surface area contributed by atoms with Crippen molar-refractivity contribution in [1.29, 1.82) is 0 Å². The Labute approximate surface area is 129 Å². The van der Waals surface area contributed by atoms with Crippen molar-refractivity contribution in [2.45, 2.75) is 27.2 Å². The van der Waals surface area contributed by atoms with Crippen molar-refractivity contribution in [3.05, 3.63) is 57.6 Å². The van der Waals surface area contributed by atoms with E-state index in [2.05, 4.69) is 0 Å². The predicted molar refractivity (Wildman–Crippen MR) is 83.5 cm³/mol. The number of aryl methyl sites for hydroxylation is 3. The molecule has 0 aliphatic carbocycles. The average Bonchev–Trinajstić information content (AvgIpc) is 2.38. The smallest absolute Gasteiger partial charge is 0.307 e. The van der Waals surface area contributed by atoms with Crippen LogP contribution in [0, 0.1) is 20.8 Å². The minimum Gasteiger partial charge on any atom is -0.481 e. The van der Waals surface area contributed by atoms with Crippen LogP contribution >= 0.6 is 11.6 Å². The fraction of sp³-hybridized carbons (Fsp3) is 0.235. The highest BCUT2D eigenvalue weighted by Crippen LogP contribution is 2.32. The highest BCUT2D eigenvalue weighted by Gasteiger charge is 2.11. The number of carboxylic acids is 1. The first-order chi connectivity index (χ1) is 9.86. The quantitative estimate of drug-likeness (QED) is 0.891. The molecule has 0 unspecified atom stereocenters. The Bertz CT molecular complexity index is 693. The third kappa shape index (κ3) is 3.76. The van der Waals surface area contributed by atoms with Gasteiger partial charge in [0, 0.05) is 10.6 Å². The third-order valence-corrected chi connectivity index (χ3v) is 3.64. The van der Waals surface area contributed by atoms with E-state index in [1.165, 1.54) is 0 Å². The van der Waals surface area contributed by atoms with E-state index in [0.717, 1.165) is 16.7 Å². The van der Waals surface area contributed by atoms with Crippen LogP contribution in [0.2, 0.25) is 5.02 Å². The van der Waals surface area contributed by atoms with Gasteiger partial charge in [0.25, 0.3) is 0 Å². The molecule has 1 N–H and O–H groups in total. The van der Waals surface area contributed by atoms with Crippen molar-refractivity contribution in [1.82, 2.24) is 0 Å². The second-order valence-corrected chi connectivity index (χ2v) is 5.56. The first-order valence-electron chi connectivity index (χ1n) is 6.62. The monoisotopic (exact) mass is 304 g/mol. The molecule has 3 nitrogen and oxygen atoms in total. The summed E-state index contributed by atoms with van der Waals surface area (Å²) in [5.74, 6) is 0.370. The Hall–Kier alpha value is -2.00. The van der Waals surface area contributed by atoms with E-state index >= 15 is 0 Å². The van der Waals surface area contributed by atoms with E-state index < -0.39 is 5.97 Å². The normalized spacial score (nSPS) is 10.5. The standard InChI is InChI=1S/C17H17ClO3/c1-10-4-5-15(13(6-10)9-17(19)20)21-16-8-11(2)14(18)7-12(16)3/h4-8H,9H2,1-3H3,(H,19,20). The van der Waals surface area contributed by atoms with Gasteiger partial charge in [-0.15, -0.1) is 0 Å². The van der Waals surface area contributed by atoms with Crippen molar-refractivity contribution in [3.8, 4) is 11.5 Å². The van der Waals surface area contributed by atoms with Crippen LogP contribution in [0.25, 0.3) is 0 Å². The van der Waals surface area contributed by atoms with Crippen LogP contribution in [0.5, 0.6) is 11.5 Å². The lowest BCUT2D eigenvalue weighted by atomic mass is 10.1. The molecule has 0 heterocycles. The molecule has 0 aliphatic rings. The summed E-state index contributed by atoms with van der Waals surface area (Å²) in [4.78, 5) is 11.0. The molecule has 4 heteroatoms. The molecule has 110 valence electrons. The molecule has 0 spiro atoms. The second-order valence-electron chi connectivity index (χ2n) is 5.15. The topological polar surface area (TPSA) is 46.5 Å². The van der Waals surface area contributed by atoms with E-state index in [1.807, 2.05) is 45.0 Å². The summed E-state index contributed by atoms with van der Waals surface area (Å²) < 4.78 is 5.91. The summed E-state index contributed by atoms with van der Waals surface area (Å²) in [6.45, 7) is 5.74. The molecular weight excluding hydrogens is 288 g/mol. The number of ether oxygens (including phenoxy) is 1. The zero-order valence-corrected chi connectivity index (χ0v) is 13.0. The summed E-state index contributed by atoms with van der Waals surface area (Å²) in [5.41, 5.74) is 3.49. The molecule has 0 amide bonds. The van der Waals surface area contributed by atoms with Gasteiger partial charge < -0.3 is 9.84 Å². The van der Waals surface area contributed by atoms with Crippen molar-refractivity contribution < 1.29 is 14.6 Å². The lowest BCUT2D eigenvalue weighted by Crippen LogP contribution is -2.03. The Kier molecular flexibility index (Phi) is 4.53. The highest BCUT2D eigenvalue weighted by molar-refractivity contribution is 6.31. The van der Waals surface area contributed by atoms with E-state index in [4.69, 9.17) is 21.4 Å². The number of halogens is 1. The Morgan fingerprint density at radius 1 is 1.10 bits per heavy atom. The Balaban J connectivity index is 2.39. The van der Waals surface area contributed by atoms with Gasteiger partial charge in [-0.2, -0.15) is 0 Å². The molecule has 0 radical (unpaired) electrons. The predicted octanol–water partition coefficient (Wildman–Crippen LogP) is 4.68. The molecule has 0 saturated carbocycles. The van der Waals surface area contributed by atoms with Crippen LogP contribution in [-0.4, -0.2) is 11.1 Å². The molecule has 0 atom stereocenters. The van der Waals surface area contributed by atoms with Gasteiger partial charge in [-0.05, 0) is 50.1 Å². The number of hydrogen-bond acceptors (Lipinski definition) is 2. The SMILES string of the molecule is Cc1ccc(Oc2cc(C)c(Cl)cc2C)c(CC(=O)O)c1. The van der Waals surface area contributed by atoms with Crippen molar-refractivity contribution in [2.24, 2.45) is 0 Å². The van der Waals surface area contributed by atoms with Crippen molar-refractivity contribution >= 4 is 17.6 Å². The van der Waals surface area contributed by atoms with Gasteiger partial charge in [0.1, 0.15) is 11.5 Å². The maximum atomic E-state index is 11.0. The van der Waals surface area contributed by atoms with Crippen molar-refractivity contribution in [2.75, 3.05) is 0 Å². The largest absolute Gasteiger partial charge is 0.481 e. The van der Waals surface area contributed by atoms with Crippen molar-refractivity contribution in [3.63, 3.8) is 0 Å². The Morgan fingerprint density at radius 3 is 2.48 bits per heavy atom. The molecule has 2 aromatic rings. The third-order valence-electron chi connectivity index (χ3n) is 3.23. The van der Waals surface area contributed by atoms with Gasteiger partial charge in [0.2, 0.25) is 0 Å². The highest BCUT2D eigenvalue weighted by atomic mass is 35.5. The fourth-order valence-corrected chi connectivity index (χ4v) is 2.31. The molecule has 2 rings (SSSR count). The number of carboxylic acid groups (broad SMARTS) is 1. The van der Waals surface area contributed by atoms with Gasteiger partial charge in [0.15, 0.2) is 0 Å². The molecule has 0 fully saturated rings. The molecule has 0 aromatic heterocycles. The second kappa shape index (κ2) is 6.19. The summed E-state index contributed by atoms with van der Waals surface area (Å²) in [5, 5.41) is 9.70. The Morgan fingerprint density at radius 2 is 1.81 bits per heavy atom. The van der Waals surface area contributed by atoms with Gasteiger partial charge >= 0.3 is 5.97 Å².